The van der Waals surface area contributed by atoms with E-state index in [2.05, 4.69) is 18.3 Å². The van der Waals surface area contributed by atoms with Crippen LogP contribution in [-0.4, -0.2) is 26.0 Å². The van der Waals surface area contributed by atoms with Crippen LogP contribution in [0, 0.1) is 13.8 Å². The fourth-order valence-corrected chi connectivity index (χ4v) is 2.01. The van der Waals surface area contributed by atoms with Gasteiger partial charge in [0.25, 0.3) is 0 Å². The van der Waals surface area contributed by atoms with Crippen molar-refractivity contribution in [2.75, 3.05) is 19.7 Å². The van der Waals surface area contributed by atoms with Gasteiger partial charge in [-0.3, -0.25) is 4.79 Å². The molecule has 3 heteroatoms. The third kappa shape index (κ3) is 2.15. The van der Waals surface area contributed by atoms with Crippen LogP contribution in [0.5, 0.6) is 0 Å². The average molecular weight is 219 g/mol. The Labute approximate surface area is 95.8 Å². The topological polar surface area (TPSA) is 38.3 Å². The van der Waals surface area contributed by atoms with E-state index in [0.29, 0.717) is 6.61 Å². The molecule has 0 radical (unpaired) electrons. The lowest BCUT2D eigenvalue weighted by molar-refractivity contribution is 0.0272. The van der Waals surface area contributed by atoms with E-state index >= 15 is 0 Å². The minimum absolute atomic E-state index is 0.00764. The highest BCUT2D eigenvalue weighted by molar-refractivity contribution is 5.78. The average Bonchev–Trinajstić information content (AvgIpc) is 2.33. The van der Waals surface area contributed by atoms with Gasteiger partial charge >= 0.3 is 0 Å². The number of aldehydes is 1. The molecule has 1 aromatic carbocycles. The molecule has 3 nitrogen and oxygen atoms in total. The maximum Gasteiger partial charge on any atom is 0.150 e. The second-order valence-electron chi connectivity index (χ2n) is 4.25. The Morgan fingerprint density at radius 2 is 2.12 bits per heavy atom. The Hall–Kier alpha value is -1.19. The molecule has 0 saturated carbocycles. The van der Waals surface area contributed by atoms with E-state index in [-0.39, 0.29) is 6.10 Å². The van der Waals surface area contributed by atoms with E-state index in [9.17, 15) is 4.79 Å². The minimum atomic E-state index is 0.00764. The molecule has 1 fully saturated rings. The van der Waals surface area contributed by atoms with Gasteiger partial charge in [0.15, 0.2) is 0 Å². The van der Waals surface area contributed by atoms with Crippen LogP contribution >= 0.6 is 0 Å². The number of aryl methyl sites for hydroxylation is 2. The van der Waals surface area contributed by atoms with Crippen molar-refractivity contribution in [2.45, 2.75) is 20.0 Å². The number of benzene rings is 1. The van der Waals surface area contributed by atoms with Gasteiger partial charge in [-0.2, -0.15) is 0 Å². The molecule has 2 rings (SSSR count). The number of hydrogen-bond acceptors (Lipinski definition) is 3. The van der Waals surface area contributed by atoms with Gasteiger partial charge in [-0.15, -0.1) is 0 Å². The third-order valence-electron chi connectivity index (χ3n) is 3.10. The lowest BCUT2D eigenvalue weighted by Crippen LogP contribution is -2.33. The Bertz CT molecular complexity index is 395. The number of morpholine rings is 1. The maximum absolute atomic E-state index is 11.1. The predicted molar refractivity (Wildman–Crippen MR) is 62.9 cm³/mol. The van der Waals surface area contributed by atoms with Crippen LogP contribution < -0.4 is 5.32 Å². The van der Waals surface area contributed by atoms with Gasteiger partial charge in [0.2, 0.25) is 0 Å². The lowest BCUT2D eigenvalue weighted by Gasteiger charge is -2.25. The zero-order chi connectivity index (χ0) is 11.5. The van der Waals surface area contributed by atoms with Crippen molar-refractivity contribution in [3.8, 4) is 0 Å². The first kappa shape index (κ1) is 11.3. The molecule has 1 N–H and O–H groups in total. The van der Waals surface area contributed by atoms with Gasteiger partial charge in [-0.1, -0.05) is 6.07 Å². The van der Waals surface area contributed by atoms with Crippen molar-refractivity contribution in [1.82, 2.24) is 5.32 Å². The van der Waals surface area contributed by atoms with E-state index in [1.165, 1.54) is 5.56 Å². The molecule has 0 bridgehead atoms. The lowest BCUT2D eigenvalue weighted by atomic mass is 9.96. The summed E-state index contributed by atoms with van der Waals surface area (Å²) in [6.45, 7) is 6.45. The summed E-state index contributed by atoms with van der Waals surface area (Å²) in [6.07, 6.45) is 0.924. The summed E-state index contributed by atoms with van der Waals surface area (Å²) < 4.78 is 5.68. The van der Waals surface area contributed by atoms with Gasteiger partial charge in [-0.25, -0.2) is 0 Å². The minimum Gasteiger partial charge on any atom is -0.371 e. The van der Waals surface area contributed by atoms with Crippen molar-refractivity contribution in [1.29, 1.82) is 0 Å². The quantitative estimate of drug-likeness (QED) is 0.770. The first-order chi connectivity index (χ1) is 7.72. The first-order valence-corrected chi connectivity index (χ1v) is 5.61. The number of carbonyl (C=O) groups excluding carboxylic acids is 1. The molecule has 1 heterocycles. The van der Waals surface area contributed by atoms with Crippen LogP contribution in [0.4, 0.5) is 0 Å². The zero-order valence-electron chi connectivity index (χ0n) is 9.75. The second-order valence-corrected chi connectivity index (χ2v) is 4.25. The second kappa shape index (κ2) is 4.76. The fraction of sp³-hybridized carbons (Fsp3) is 0.462. The molecular formula is C13H17NO2. The Kier molecular flexibility index (Phi) is 3.36. The Morgan fingerprint density at radius 1 is 1.38 bits per heavy atom. The monoisotopic (exact) mass is 219 g/mol. The molecule has 1 aliphatic rings. The fourth-order valence-electron chi connectivity index (χ4n) is 2.01. The van der Waals surface area contributed by atoms with Gasteiger partial charge in [0.1, 0.15) is 6.29 Å². The molecule has 1 aromatic rings. The van der Waals surface area contributed by atoms with Gasteiger partial charge in [-0.05, 0) is 36.6 Å². The summed E-state index contributed by atoms with van der Waals surface area (Å²) in [6, 6.07) is 4.01. The summed E-state index contributed by atoms with van der Waals surface area (Å²) in [5.41, 5.74) is 4.10. The number of carbonyl (C=O) groups is 1. The summed E-state index contributed by atoms with van der Waals surface area (Å²) in [7, 11) is 0. The number of ether oxygens (including phenoxy) is 1. The van der Waals surface area contributed by atoms with Crippen molar-refractivity contribution >= 4 is 6.29 Å². The highest BCUT2D eigenvalue weighted by Gasteiger charge is 2.19. The summed E-state index contributed by atoms with van der Waals surface area (Å²) in [5, 5.41) is 3.28. The number of hydrogen-bond donors (Lipinski definition) is 1. The molecule has 0 aliphatic carbocycles. The van der Waals surface area contributed by atoms with Gasteiger partial charge < -0.3 is 10.1 Å². The van der Waals surface area contributed by atoms with Crippen LogP contribution in [0.2, 0.25) is 0 Å². The van der Waals surface area contributed by atoms with Crippen molar-refractivity contribution in [3.05, 3.63) is 34.4 Å². The van der Waals surface area contributed by atoms with Crippen LogP contribution in [0.3, 0.4) is 0 Å². The van der Waals surface area contributed by atoms with E-state index < -0.39 is 0 Å². The van der Waals surface area contributed by atoms with Crippen molar-refractivity contribution in [2.24, 2.45) is 0 Å². The standard InChI is InChI=1S/C13H17NO2/c1-9-5-11(8-15)12(6-10(9)2)13-7-14-3-4-16-13/h5-6,8,13-14H,3-4,7H2,1-2H3. The molecule has 1 atom stereocenters. The molecule has 0 spiro atoms. The molecule has 1 saturated heterocycles. The van der Waals surface area contributed by atoms with Crippen LogP contribution in [0.25, 0.3) is 0 Å². The molecule has 1 unspecified atom stereocenters. The van der Waals surface area contributed by atoms with E-state index in [1.54, 1.807) is 0 Å². The zero-order valence-corrected chi connectivity index (χ0v) is 9.75. The molecule has 0 amide bonds. The van der Waals surface area contributed by atoms with Crippen LogP contribution in [-0.2, 0) is 4.74 Å². The number of nitrogens with one attached hydrogen (secondary N) is 1. The highest BCUT2D eigenvalue weighted by atomic mass is 16.5. The molecule has 86 valence electrons. The molecule has 0 aromatic heterocycles. The summed E-state index contributed by atoms with van der Waals surface area (Å²) >= 11 is 0. The summed E-state index contributed by atoms with van der Waals surface area (Å²) in [4.78, 5) is 11.1. The molecular weight excluding hydrogens is 202 g/mol. The summed E-state index contributed by atoms with van der Waals surface area (Å²) in [5.74, 6) is 0. The largest absolute Gasteiger partial charge is 0.371 e. The molecule has 1 aliphatic heterocycles. The third-order valence-corrected chi connectivity index (χ3v) is 3.10. The van der Waals surface area contributed by atoms with Gasteiger partial charge in [0.05, 0.1) is 12.7 Å². The smallest absolute Gasteiger partial charge is 0.150 e. The van der Waals surface area contributed by atoms with Crippen molar-refractivity contribution in [3.63, 3.8) is 0 Å². The van der Waals surface area contributed by atoms with Gasteiger partial charge in [0, 0.05) is 18.7 Å². The highest BCUT2D eigenvalue weighted by Crippen LogP contribution is 2.24. The van der Waals surface area contributed by atoms with Crippen LogP contribution in [0.15, 0.2) is 12.1 Å². The molecule has 16 heavy (non-hydrogen) atoms. The van der Waals surface area contributed by atoms with E-state index in [0.717, 1.165) is 36.1 Å². The first-order valence-electron chi connectivity index (χ1n) is 5.61. The van der Waals surface area contributed by atoms with Crippen LogP contribution in [0.1, 0.15) is 33.2 Å². The predicted octanol–water partition coefficient (Wildman–Crippen LogP) is 1.78. The maximum atomic E-state index is 11.1. The normalized spacial score (nSPS) is 20.8. The van der Waals surface area contributed by atoms with Crippen molar-refractivity contribution < 1.29 is 9.53 Å². The van der Waals surface area contributed by atoms with E-state index in [4.69, 9.17) is 4.74 Å². The SMILES string of the molecule is Cc1cc(C=O)c(C2CNCCO2)cc1C. The Morgan fingerprint density at radius 3 is 2.75 bits per heavy atom. The van der Waals surface area contributed by atoms with E-state index in [1.807, 2.05) is 13.0 Å². The number of rotatable bonds is 2. The Balaban J connectivity index is 2.37.